The largest absolute Gasteiger partial charge is 0.350 e. The molecule has 0 aromatic carbocycles. The van der Waals surface area contributed by atoms with E-state index in [1.165, 1.54) is 24.5 Å². The highest BCUT2D eigenvalue weighted by Gasteiger charge is 2.15. The van der Waals surface area contributed by atoms with Gasteiger partial charge in [0.15, 0.2) is 0 Å². The minimum atomic E-state index is -0.998. The van der Waals surface area contributed by atoms with Gasteiger partial charge in [0.05, 0.1) is 0 Å². The monoisotopic (exact) mass is 180 g/mol. The Morgan fingerprint density at radius 3 is 2.31 bits per heavy atom. The maximum Gasteiger partial charge on any atom is 0.336 e. The van der Waals surface area contributed by atoms with Crippen LogP contribution >= 0.6 is 0 Å². The van der Waals surface area contributed by atoms with Crippen molar-refractivity contribution in [3.8, 4) is 0 Å². The molecule has 0 bridgehead atoms. The van der Waals surface area contributed by atoms with Crippen LogP contribution < -0.4 is 11.6 Å². The minimum absolute atomic E-state index is 0.260. The second kappa shape index (κ2) is 3.63. The number of amides is 3. The topological polar surface area (TPSA) is 102 Å². The van der Waals surface area contributed by atoms with E-state index in [2.05, 4.69) is 4.98 Å². The highest BCUT2D eigenvalue weighted by molar-refractivity contribution is 6.03. The third kappa shape index (κ3) is 2.00. The summed E-state index contributed by atoms with van der Waals surface area (Å²) in [6, 6.07) is 1.87. The van der Waals surface area contributed by atoms with Crippen molar-refractivity contribution in [2.45, 2.75) is 0 Å². The fraction of sp³-hybridized carbons (Fsp3) is 0. The normalized spacial score (nSPS) is 9.31. The Hall–Kier alpha value is -1.95. The fourth-order valence-corrected chi connectivity index (χ4v) is 0.734. The molecule has 0 saturated carbocycles. The molecule has 1 heterocycles. The summed E-state index contributed by atoms with van der Waals surface area (Å²) in [6.45, 7) is 0. The molecule has 0 unspecified atom stereocenters. The lowest BCUT2D eigenvalue weighted by atomic mass is 10.2. The first kappa shape index (κ1) is 9.14. The summed E-state index contributed by atoms with van der Waals surface area (Å²) in [5.74, 6) is 4.42. The first-order valence-electron chi connectivity index (χ1n) is 3.41. The van der Waals surface area contributed by atoms with E-state index in [1.54, 1.807) is 0 Å². The third-order valence-electron chi connectivity index (χ3n) is 1.38. The number of primary amides is 1. The van der Waals surface area contributed by atoms with E-state index >= 15 is 0 Å². The molecule has 68 valence electrons. The van der Waals surface area contributed by atoms with Gasteiger partial charge in [0, 0.05) is 18.0 Å². The Bertz CT molecular complexity index is 325. The van der Waals surface area contributed by atoms with Gasteiger partial charge in [-0.3, -0.25) is 9.78 Å². The summed E-state index contributed by atoms with van der Waals surface area (Å²) < 4.78 is 0. The van der Waals surface area contributed by atoms with Gasteiger partial charge in [-0.1, -0.05) is 0 Å². The number of rotatable bonds is 1. The predicted molar refractivity (Wildman–Crippen MR) is 44.2 cm³/mol. The first-order valence-corrected chi connectivity index (χ1v) is 3.41. The number of hydrogen-bond acceptors (Lipinski definition) is 4. The molecular weight excluding hydrogens is 172 g/mol. The summed E-state index contributed by atoms with van der Waals surface area (Å²) in [5, 5.41) is 0.343. The van der Waals surface area contributed by atoms with Crippen molar-refractivity contribution < 1.29 is 9.59 Å². The Labute approximate surface area is 74.1 Å². The standard InChI is InChI=1S/C7H8N4O2/c8-7(13)11(9)6(12)5-1-3-10-4-2-5/h1-4H,9H2,(H2,8,13). The number of hydrazine groups is 1. The Morgan fingerprint density at radius 2 is 1.85 bits per heavy atom. The molecule has 6 nitrogen and oxygen atoms in total. The average molecular weight is 180 g/mol. The molecular formula is C7H8N4O2. The van der Waals surface area contributed by atoms with Crippen molar-refractivity contribution in [2.24, 2.45) is 11.6 Å². The SMILES string of the molecule is NC(=O)N(N)C(=O)c1ccncc1. The Morgan fingerprint density at radius 1 is 1.31 bits per heavy atom. The predicted octanol–water partition coefficient (Wildman–Crippen LogP) is -0.524. The summed E-state index contributed by atoms with van der Waals surface area (Å²) in [4.78, 5) is 25.5. The smallest absolute Gasteiger partial charge is 0.336 e. The van der Waals surface area contributed by atoms with Crippen LogP contribution in [-0.4, -0.2) is 21.9 Å². The Kier molecular flexibility index (Phi) is 2.56. The van der Waals surface area contributed by atoms with Crippen molar-refractivity contribution in [2.75, 3.05) is 0 Å². The van der Waals surface area contributed by atoms with Gasteiger partial charge in [0.1, 0.15) is 0 Å². The number of nitrogens with two attached hydrogens (primary N) is 2. The van der Waals surface area contributed by atoms with Gasteiger partial charge < -0.3 is 5.73 Å². The van der Waals surface area contributed by atoms with Gasteiger partial charge in [-0.15, -0.1) is 0 Å². The van der Waals surface area contributed by atoms with Gasteiger partial charge in [0.2, 0.25) is 0 Å². The highest BCUT2D eigenvalue weighted by Crippen LogP contribution is 1.99. The number of urea groups is 1. The van der Waals surface area contributed by atoms with Crippen molar-refractivity contribution in [3.63, 3.8) is 0 Å². The quantitative estimate of drug-likeness (QED) is 0.344. The zero-order valence-corrected chi connectivity index (χ0v) is 6.68. The van der Waals surface area contributed by atoms with Gasteiger partial charge in [-0.2, -0.15) is 5.01 Å². The van der Waals surface area contributed by atoms with Crippen LogP contribution in [0.25, 0.3) is 0 Å². The summed E-state index contributed by atoms with van der Waals surface area (Å²) in [5.41, 5.74) is 5.06. The number of carbonyl (C=O) groups excluding carboxylic acids is 2. The zero-order valence-electron chi connectivity index (χ0n) is 6.68. The maximum absolute atomic E-state index is 11.3. The molecule has 4 N–H and O–H groups in total. The van der Waals surface area contributed by atoms with Crippen LogP contribution in [0.5, 0.6) is 0 Å². The highest BCUT2D eigenvalue weighted by atomic mass is 16.2. The van der Waals surface area contributed by atoms with E-state index < -0.39 is 11.9 Å². The molecule has 1 aromatic rings. The number of hydrogen-bond donors (Lipinski definition) is 2. The molecule has 0 aliphatic carbocycles. The summed E-state index contributed by atoms with van der Waals surface area (Å²) >= 11 is 0. The number of nitrogens with zero attached hydrogens (tertiary/aromatic N) is 2. The molecule has 1 rings (SSSR count). The van der Waals surface area contributed by atoms with Gasteiger partial charge in [-0.25, -0.2) is 10.6 Å². The van der Waals surface area contributed by atoms with E-state index in [4.69, 9.17) is 11.6 Å². The summed E-state index contributed by atoms with van der Waals surface area (Å²) in [6.07, 6.45) is 2.84. The van der Waals surface area contributed by atoms with E-state index in [9.17, 15) is 9.59 Å². The van der Waals surface area contributed by atoms with E-state index in [-0.39, 0.29) is 5.56 Å². The number of imide groups is 1. The molecule has 6 heteroatoms. The molecule has 13 heavy (non-hydrogen) atoms. The van der Waals surface area contributed by atoms with Gasteiger partial charge in [0.25, 0.3) is 5.91 Å². The molecule has 0 atom stereocenters. The van der Waals surface area contributed by atoms with Gasteiger partial charge in [-0.05, 0) is 12.1 Å². The molecule has 0 fully saturated rings. The van der Waals surface area contributed by atoms with Crippen LogP contribution in [0, 0.1) is 0 Å². The molecule has 0 radical (unpaired) electrons. The third-order valence-corrected chi connectivity index (χ3v) is 1.38. The second-order valence-corrected chi connectivity index (χ2v) is 2.25. The van der Waals surface area contributed by atoms with Crippen LogP contribution in [0.15, 0.2) is 24.5 Å². The van der Waals surface area contributed by atoms with Crippen molar-refractivity contribution in [3.05, 3.63) is 30.1 Å². The van der Waals surface area contributed by atoms with Crippen LogP contribution in [-0.2, 0) is 0 Å². The van der Waals surface area contributed by atoms with Crippen LogP contribution in [0.1, 0.15) is 10.4 Å². The molecule has 0 aliphatic heterocycles. The fourth-order valence-electron chi connectivity index (χ4n) is 0.734. The van der Waals surface area contributed by atoms with Crippen molar-refractivity contribution in [1.82, 2.24) is 9.99 Å². The Balaban J connectivity index is 2.86. The summed E-state index contributed by atoms with van der Waals surface area (Å²) in [7, 11) is 0. The molecule has 3 amide bonds. The average Bonchev–Trinajstić information content (AvgIpc) is 2.17. The van der Waals surface area contributed by atoms with Crippen LogP contribution in [0.2, 0.25) is 0 Å². The first-order chi connectivity index (χ1) is 6.13. The lowest BCUT2D eigenvalue weighted by Gasteiger charge is -2.10. The maximum atomic E-state index is 11.3. The second-order valence-electron chi connectivity index (χ2n) is 2.25. The lowest BCUT2D eigenvalue weighted by molar-refractivity contribution is 0.0808. The molecule has 0 spiro atoms. The minimum Gasteiger partial charge on any atom is -0.350 e. The lowest BCUT2D eigenvalue weighted by Crippen LogP contribution is -2.45. The zero-order chi connectivity index (χ0) is 9.84. The van der Waals surface area contributed by atoms with Crippen molar-refractivity contribution >= 4 is 11.9 Å². The van der Waals surface area contributed by atoms with Crippen molar-refractivity contribution in [1.29, 1.82) is 0 Å². The number of pyridine rings is 1. The molecule has 1 aromatic heterocycles. The van der Waals surface area contributed by atoms with E-state index in [1.807, 2.05) is 0 Å². The van der Waals surface area contributed by atoms with E-state index in [0.29, 0.717) is 5.01 Å². The van der Waals surface area contributed by atoms with Gasteiger partial charge >= 0.3 is 6.03 Å². The number of carbonyl (C=O) groups is 2. The van der Waals surface area contributed by atoms with Crippen LogP contribution in [0.4, 0.5) is 4.79 Å². The molecule has 0 saturated heterocycles. The molecule has 0 aliphatic rings. The van der Waals surface area contributed by atoms with Crippen LogP contribution in [0.3, 0.4) is 0 Å². The van der Waals surface area contributed by atoms with E-state index in [0.717, 1.165) is 0 Å². The number of aromatic nitrogens is 1.